The number of hydrazone groups is 1. The second kappa shape index (κ2) is 8.66. The van der Waals surface area contributed by atoms with Crippen LogP contribution in [0.2, 0.25) is 10.0 Å². The van der Waals surface area contributed by atoms with Crippen molar-refractivity contribution in [2.45, 2.75) is 24.8 Å². The molecular weight excluding hydrogens is 452 g/mol. The summed E-state index contributed by atoms with van der Waals surface area (Å²) in [6.07, 6.45) is -5.94. The van der Waals surface area contributed by atoms with Crippen molar-refractivity contribution in [2.24, 2.45) is 5.10 Å². The monoisotopic (exact) mass is 462 g/mol. The molecule has 0 bridgehead atoms. The zero-order valence-corrected chi connectivity index (χ0v) is 15.6. The zero-order valence-electron chi connectivity index (χ0n) is 14.1. The van der Waals surface area contributed by atoms with Crippen LogP contribution in [0.25, 0.3) is 0 Å². The van der Waals surface area contributed by atoms with Crippen molar-refractivity contribution in [2.75, 3.05) is 0 Å². The van der Waals surface area contributed by atoms with E-state index in [2.05, 4.69) is 5.10 Å². The van der Waals surface area contributed by atoms with Gasteiger partial charge in [0.05, 0.1) is 11.2 Å². The molecule has 0 unspecified atom stereocenters. The van der Waals surface area contributed by atoms with Gasteiger partial charge in [-0.3, -0.25) is 0 Å². The summed E-state index contributed by atoms with van der Waals surface area (Å²) in [6.45, 7) is -0.00122. The van der Waals surface area contributed by atoms with Crippen molar-refractivity contribution in [3.63, 3.8) is 0 Å². The summed E-state index contributed by atoms with van der Waals surface area (Å²) < 4.78 is 94.1. The van der Waals surface area contributed by atoms with Crippen molar-refractivity contribution < 1.29 is 35.5 Å². The van der Waals surface area contributed by atoms with Crippen LogP contribution < -0.4 is 10.2 Å². The molecule has 2 aromatic rings. The Labute approximate surface area is 170 Å². The molecule has 0 aromatic heterocycles. The van der Waals surface area contributed by atoms with Crippen LogP contribution >= 0.6 is 23.2 Å². The zero-order chi connectivity index (χ0) is 21.9. The molecule has 0 atom stereocenters. The van der Waals surface area contributed by atoms with Crippen molar-refractivity contribution in [1.82, 2.24) is 5.43 Å². The summed E-state index contributed by atoms with van der Waals surface area (Å²) in [5.41, 5.74) is 1.11. The first-order valence-corrected chi connectivity index (χ1v) is 8.39. The van der Waals surface area contributed by atoms with Crippen molar-refractivity contribution in [3.05, 3.63) is 63.6 Å². The van der Waals surface area contributed by atoms with Crippen LogP contribution in [-0.4, -0.2) is 24.4 Å². The Morgan fingerprint density at radius 3 is 2.17 bits per heavy atom. The van der Waals surface area contributed by atoms with E-state index in [-0.39, 0.29) is 28.0 Å². The van der Waals surface area contributed by atoms with Gasteiger partial charge in [0.15, 0.2) is 0 Å². The number of alkyl halides is 7. The molecule has 0 saturated heterocycles. The van der Waals surface area contributed by atoms with Crippen molar-refractivity contribution >= 4 is 29.4 Å². The summed E-state index contributed by atoms with van der Waals surface area (Å²) in [5.74, 6) is -6.44. The first-order valence-electron chi connectivity index (χ1n) is 7.63. The molecule has 158 valence electrons. The fraction of sp³-hybridized carbons (Fsp3) is 0.235. The smallest absolute Gasteiger partial charge is 0.462 e. The number of halogens is 9. The molecule has 3 nitrogen and oxygen atoms in total. The molecule has 0 radical (unpaired) electrons. The first kappa shape index (κ1) is 23.1. The molecule has 2 rings (SSSR count). The second-order valence-electron chi connectivity index (χ2n) is 5.60. The minimum Gasteiger partial charge on any atom is -0.487 e. The second-order valence-corrected chi connectivity index (χ2v) is 6.44. The Balaban J connectivity index is 2.23. The van der Waals surface area contributed by atoms with Gasteiger partial charge in [0, 0.05) is 10.6 Å². The number of hydrogen-bond acceptors (Lipinski definition) is 3. The Morgan fingerprint density at radius 2 is 1.59 bits per heavy atom. The van der Waals surface area contributed by atoms with E-state index in [0.717, 1.165) is 11.6 Å². The van der Waals surface area contributed by atoms with E-state index >= 15 is 0 Å². The summed E-state index contributed by atoms with van der Waals surface area (Å²) >= 11 is 11.8. The maximum Gasteiger partial charge on any atom is 0.462 e. The molecule has 12 heteroatoms. The third kappa shape index (κ3) is 5.45. The number of benzene rings is 2. The lowest BCUT2D eigenvalue weighted by Gasteiger charge is -2.27. The number of rotatable bonds is 7. The van der Waals surface area contributed by atoms with Crippen LogP contribution in [-0.2, 0) is 6.61 Å². The minimum atomic E-state index is -6.48. The predicted octanol–water partition coefficient (Wildman–Crippen LogP) is 6.29. The highest BCUT2D eigenvalue weighted by Crippen LogP contribution is 2.45. The standard InChI is InChI=1S/C17H11Cl2F7N2O/c18-12-6-11(8-27-28-17(25,26)15(20,21)16(22,23)24)14(13(19)7-12)29-9-10-4-2-1-3-5-10/h1-8,28H,9H2/b27-8-. The van der Waals surface area contributed by atoms with Crippen molar-refractivity contribution in [1.29, 1.82) is 0 Å². The van der Waals surface area contributed by atoms with E-state index in [4.69, 9.17) is 27.9 Å². The lowest BCUT2D eigenvalue weighted by atomic mass is 10.2. The number of nitrogens with one attached hydrogen (secondary N) is 1. The molecule has 2 aromatic carbocycles. The van der Waals surface area contributed by atoms with Crippen LogP contribution in [0, 0.1) is 0 Å². The highest BCUT2D eigenvalue weighted by atomic mass is 35.5. The normalized spacial score (nSPS) is 13.0. The van der Waals surface area contributed by atoms with Crippen LogP contribution in [0.3, 0.4) is 0 Å². The third-order valence-corrected chi connectivity index (χ3v) is 3.92. The predicted molar refractivity (Wildman–Crippen MR) is 93.9 cm³/mol. The summed E-state index contributed by atoms with van der Waals surface area (Å²) in [6, 6.07) is 5.39. The number of nitrogens with zero attached hydrogens (tertiary/aromatic N) is 1. The molecule has 29 heavy (non-hydrogen) atoms. The van der Waals surface area contributed by atoms with E-state index in [1.54, 1.807) is 30.3 Å². The Bertz CT molecular complexity index is 874. The number of ether oxygens (including phenoxy) is 1. The lowest BCUT2D eigenvalue weighted by molar-refractivity contribution is -0.361. The summed E-state index contributed by atoms with van der Waals surface area (Å²) in [5, 5.41) is 2.76. The van der Waals surface area contributed by atoms with Gasteiger partial charge in [-0.1, -0.05) is 53.5 Å². The SMILES string of the molecule is FC(F)(F)C(F)(F)C(F)(F)N/N=C\c1cc(Cl)cc(Cl)c1OCc1ccccc1. The van der Waals surface area contributed by atoms with E-state index in [0.29, 0.717) is 11.6 Å². The molecule has 0 aliphatic rings. The fourth-order valence-corrected chi connectivity index (χ4v) is 2.55. The minimum absolute atomic E-state index is 0.00122. The number of hydrogen-bond donors (Lipinski definition) is 1. The van der Waals surface area contributed by atoms with Gasteiger partial charge < -0.3 is 4.74 Å². The third-order valence-electron chi connectivity index (χ3n) is 3.42. The Hall–Kier alpha value is -2.20. The highest BCUT2D eigenvalue weighted by Gasteiger charge is 2.73. The van der Waals surface area contributed by atoms with E-state index in [9.17, 15) is 30.7 Å². The topological polar surface area (TPSA) is 33.6 Å². The molecule has 0 heterocycles. The van der Waals surface area contributed by atoms with Gasteiger partial charge in [0.25, 0.3) is 0 Å². The fourth-order valence-electron chi connectivity index (χ4n) is 1.99. The van der Waals surface area contributed by atoms with Gasteiger partial charge in [-0.05, 0) is 17.7 Å². The maximum absolute atomic E-state index is 13.3. The van der Waals surface area contributed by atoms with Gasteiger partial charge in [-0.25, -0.2) is 5.43 Å². The van der Waals surface area contributed by atoms with E-state index in [1.807, 2.05) is 0 Å². The Kier molecular flexibility index (Phi) is 6.89. The van der Waals surface area contributed by atoms with Crippen LogP contribution in [0.5, 0.6) is 5.75 Å². The summed E-state index contributed by atoms with van der Waals surface area (Å²) in [7, 11) is 0. The van der Waals surface area contributed by atoms with Gasteiger partial charge in [-0.15, -0.1) is 0 Å². The van der Waals surface area contributed by atoms with Gasteiger partial charge in [0.2, 0.25) is 0 Å². The Morgan fingerprint density at radius 1 is 0.966 bits per heavy atom. The van der Waals surface area contributed by atoms with E-state index < -0.39 is 18.1 Å². The van der Waals surface area contributed by atoms with Gasteiger partial charge >= 0.3 is 18.1 Å². The van der Waals surface area contributed by atoms with Crippen LogP contribution in [0.15, 0.2) is 47.6 Å². The van der Waals surface area contributed by atoms with Crippen LogP contribution in [0.4, 0.5) is 30.7 Å². The average Bonchev–Trinajstić information content (AvgIpc) is 2.60. The molecule has 0 saturated carbocycles. The quantitative estimate of drug-likeness (QED) is 0.227. The molecule has 0 spiro atoms. The van der Waals surface area contributed by atoms with Gasteiger partial charge in [0.1, 0.15) is 12.4 Å². The molecule has 0 aliphatic carbocycles. The van der Waals surface area contributed by atoms with Gasteiger partial charge in [-0.2, -0.15) is 35.8 Å². The average molecular weight is 463 g/mol. The first-order chi connectivity index (χ1) is 13.3. The largest absolute Gasteiger partial charge is 0.487 e. The van der Waals surface area contributed by atoms with Crippen LogP contribution in [0.1, 0.15) is 11.1 Å². The molecule has 1 N–H and O–H groups in total. The molecule has 0 aliphatic heterocycles. The van der Waals surface area contributed by atoms with Crippen molar-refractivity contribution in [3.8, 4) is 5.75 Å². The molecule has 0 fully saturated rings. The maximum atomic E-state index is 13.3. The van der Waals surface area contributed by atoms with E-state index in [1.165, 1.54) is 6.07 Å². The lowest BCUT2D eigenvalue weighted by Crippen LogP contribution is -2.58. The highest BCUT2D eigenvalue weighted by molar-refractivity contribution is 6.36. The molecular formula is C17H11Cl2F7N2O. The molecule has 0 amide bonds. The summed E-state index contributed by atoms with van der Waals surface area (Å²) in [4.78, 5) is 0.